The van der Waals surface area contributed by atoms with Crippen LogP contribution < -0.4 is 10.2 Å². The number of thiophene rings is 1. The van der Waals surface area contributed by atoms with Crippen molar-refractivity contribution in [2.75, 3.05) is 16.8 Å². The van der Waals surface area contributed by atoms with Crippen molar-refractivity contribution in [1.82, 2.24) is 9.97 Å². The Kier molecular flexibility index (Phi) is 5.05. The fourth-order valence-corrected chi connectivity index (χ4v) is 5.16. The molecule has 154 valence electrons. The molecule has 3 heterocycles. The van der Waals surface area contributed by atoms with E-state index in [-0.39, 0.29) is 12.6 Å². The van der Waals surface area contributed by atoms with Gasteiger partial charge in [-0.2, -0.15) is 0 Å². The molecule has 31 heavy (non-hydrogen) atoms. The summed E-state index contributed by atoms with van der Waals surface area (Å²) in [4.78, 5) is 38.6. The number of carbonyl (C=O) groups excluding carboxylic acids is 2. The molecule has 2 aromatic carbocycles. The zero-order valence-corrected chi connectivity index (χ0v) is 18.0. The Hall–Kier alpha value is -3.43. The molecule has 1 N–H and O–H groups in total. The van der Waals surface area contributed by atoms with Gasteiger partial charge in [-0.25, -0.2) is 24.5 Å². The summed E-state index contributed by atoms with van der Waals surface area (Å²) in [5.41, 5.74) is 1.08. The van der Waals surface area contributed by atoms with Gasteiger partial charge in [0.25, 0.3) is 0 Å². The zero-order chi connectivity index (χ0) is 21.4. The second-order valence-electron chi connectivity index (χ2n) is 6.58. The van der Waals surface area contributed by atoms with E-state index in [9.17, 15) is 9.59 Å². The maximum Gasteiger partial charge on any atom is 0.350 e. The molecule has 2 aromatic heterocycles. The van der Waals surface area contributed by atoms with Crippen molar-refractivity contribution in [1.29, 1.82) is 0 Å². The summed E-state index contributed by atoms with van der Waals surface area (Å²) in [6.45, 7) is 1.99. The number of hydrogen-bond donors (Lipinski definition) is 1. The summed E-state index contributed by atoms with van der Waals surface area (Å²) in [6, 6.07) is 17.4. The molecule has 0 unspecified atom stereocenters. The molecule has 1 aliphatic rings. The number of ether oxygens (including phenoxy) is 1. The van der Waals surface area contributed by atoms with E-state index >= 15 is 0 Å². The molecular formula is C22H16N4O3S2. The fraction of sp³-hybridized carbons (Fsp3) is 0.0909. The molecule has 0 radical (unpaired) electrons. The van der Waals surface area contributed by atoms with E-state index in [1.54, 1.807) is 18.7 Å². The molecule has 9 heteroatoms. The number of urea groups is 1. The van der Waals surface area contributed by atoms with Crippen LogP contribution in [0.2, 0.25) is 0 Å². The minimum absolute atomic E-state index is 0.248. The third-order valence-corrected chi connectivity index (χ3v) is 6.74. The van der Waals surface area contributed by atoms with Crippen LogP contribution in [-0.4, -0.2) is 28.6 Å². The predicted molar refractivity (Wildman–Crippen MR) is 122 cm³/mol. The highest BCUT2D eigenvalue weighted by molar-refractivity contribution is 7.99. The number of rotatable bonds is 5. The Morgan fingerprint density at radius 2 is 1.84 bits per heavy atom. The Labute approximate surface area is 186 Å². The summed E-state index contributed by atoms with van der Waals surface area (Å²) in [6.07, 6.45) is 1.40. The van der Waals surface area contributed by atoms with Crippen LogP contribution in [0.15, 0.2) is 70.7 Å². The van der Waals surface area contributed by atoms with Crippen LogP contribution in [-0.2, 0) is 4.74 Å². The highest BCUT2D eigenvalue weighted by atomic mass is 32.2. The van der Waals surface area contributed by atoms with E-state index in [1.165, 1.54) is 22.6 Å². The van der Waals surface area contributed by atoms with E-state index in [1.807, 2.05) is 54.6 Å². The first-order valence-corrected chi connectivity index (χ1v) is 11.2. The van der Waals surface area contributed by atoms with Crippen molar-refractivity contribution >= 4 is 62.5 Å². The van der Waals surface area contributed by atoms with Crippen LogP contribution >= 0.6 is 23.1 Å². The molecule has 2 amide bonds. The van der Waals surface area contributed by atoms with Crippen LogP contribution in [0, 0.1) is 0 Å². The van der Waals surface area contributed by atoms with Crippen molar-refractivity contribution in [3.8, 4) is 0 Å². The molecule has 0 fully saturated rings. The summed E-state index contributed by atoms with van der Waals surface area (Å²) in [5.74, 6) is -0.0403. The van der Waals surface area contributed by atoms with E-state index in [2.05, 4.69) is 15.3 Å². The van der Waals surface area contributed by atoms with Crippen molar-refractivity contribution in [2.45, 2.75) is 16.7 Å². The van der Waals surface area contributed by atoms with Gasteiger partial charge in [0.2, 0.25) is 0 Å². The van der Waals surface area contributed by atoms with Crippen molar-refractivity contribution in [2.24, 2.45) is 0 Å². The minimum Gasteiger partial charge on any atom is -0.462 e. The van der Waals surface area contributed by atoms with Crippen LogP contribution in [0.1, 0.15) is 16.6 Å². The lowest BCUT2D eigenvalue weighted by atomic mass is 10.2. The minimum atomic E-state index is -0.484. The maximum atomic E-state index is 13.0. The van der Waals surface area contributed by atoms with Gasteiger partial charge in [0.15, 0.2) is 5.82 Å². The molecule has 0 bridgehead atoms. The molecule has 1 aliphatic heterocycles. The van der Waals surface area contributed by atoms with Crippen molar-refractivity contribution in [3.63, 3.8) is 0 Å². The van der Waals surface area contributed by atoms with Gasteiger partial charge in [-0.3, -0.25) is 0 Å². The number of anilines is 3. The maximum absolute atomic E-state index is 13.0. The summed E-state index contributed by atoms with van der Waals surface area (Å²) < 4.78 is 5.13. The van der Waals surface area contributed by atoms with Crippen molar-refractivity contribution < 1.29 is 14.3 Å². The van der Waals surface area contributed by atoms with E-state index in [0.29, 0.717) is 32.3 Å². The fourth-order valence-electron chi connectivity index (χ4n) is 3.33. The monoisotopic (exact) mass is 448 g/mol. The molecule has 0 saturated heterocycles. The average molecular weight is 449 g/mol. The van der Waals surface area contributed by atoms with Gasteiger partial charge < -0.3 is 10.1 Å². The van der Waals surface area contributed by atoms with E-state index in [4.69, 9.17) is 4.74 Å². The third kappa shape index (κ3) is 3.51. The lowest BCUT2D eigenvalue weighted by Gasteiger charge is -2.27. The van der Waals surface area contributed by atoms with Gasteiger partial charge in [0, 0.05) is 9.79 Å². The van der Waals surface area contributed by atoms with Crippen LogP contribution in [0.5, 0.6) is 0 Å². The van der Waals surface area contributed by atoms with E-state index in [0.717, 1.165) is 9.79 Å². The summed E-state index contributed by atoms with van der Waals surface area (Å²) in [5, 5.41) is 3.46. The SMILES string of the molecule is CCOC(=O)c1sc2ncnc3c2c1NC(=O)N3c1ccc(Sc2ccccc2)cc1. The lowest BCUT2D eigenvalue weighted by molar-refractivity contribution is 0.0533. The number of amides is 2. The van der Waals surface area contributed by atoms with Gasteiger partial charge >= 0.3 is 12.0 Å². The standard InChI is InChI=1S/C22H16N4O3S2/c1-2-29-21(27)18-17-16-19(23-12-24-20(16)31-18)26(22(28)25-17)13-8-10-15(11-9-13)30-14-6-4-3-5-7-14/h3-12H,2H2,1H3,(H,25,28). The topological polar surface area (TPSA) is 84.4 Å². The predicted octanol–water partition coefficient (Wildman–Crippen LogP) is 5.70. The number of carbonyl (C=O) groups is 2. The Morgan fingerprint density at radius 3 is 2.58 bits per heavy atom. The molecule has 4 aromatic rings. The second-order valence-corrected chi connectivity index (χ2v) is 8.72. The number of aromatic nitrogens is 2. The molecule has 0 atom stereocenters. The lowest BCUT2D eigenvalue weighted by Crippen LogP contribution is -2.34. The number of benzene rings is 2. The van der Waals surface area contributed by atoms with Crippen molar-refractivity contribution in [3.05, 3.63) is 65.8 Å². The van der Waals surface area contributed by atoms with Gasteiger partial charge in [-0.15, -0.1) is 11.3 Å². The molecule has 7 nitrogen and oxygen atoms in total. The quantitative estimate of drug-likeness (QED) is 0.394. The van der Waals surface area contributed by atoms with Gasteiger partial charge in [-0.1, -0.05) is 30.0 Å². The Balaban J connectivity index is 1.52. The molecule has 0 saturated carbocycles. The first-order chi connectivity index (χ1) is 15.2. The Morgan fingerprint density at radius 1 is 1.10 bits per heavy atom. The average Bonchev–Trinajstić information content (AvgIpc) is 3.15. The number of nitrogens with one attached hydrogen (secondary N) is 1. The number of hydrogen-bond acceptors (Lipinski definition) is 7. The number of nitrogens with zero attached hydrogens (tertiary/aromatic N) is 3. The molecule has 0 spiro atoms. The normalized spacial score (nSPS) is 12.7. The smallest absolute Gasteiger partial charge is 0.350 e. The zero-order valence-electron chi connectivity index (χ0n) is 16.4. The second kappa shape index (κ2) is 8.01. The van der Waals surface area contributed by atoms with Gasteiger partial charge in [-0.05, 0) is 43.3 Å². The van der Waals surface area contributed by atoms with Gasteiger partial charge in [0.05, 0.1) is 23.4 Å². The van der Waals surface area contributed by atoms with Gasteiger partial charge in [0.1, 0.15) is 16.0 Å². The highest BCUT2D eigenvalue weighted by Crippen LogP contribution is 2.45. The highest BCUT2D eigenvalue weighted by Gasteiger charge is 2.34. The molecule has 5 rings (SSSR count). The first-order valence-electron chi connectivity index (χ1n) is 9.54. The van der Waals surface area contributed by atoms with E-state index < -0.39 is 5.97 Å². The number of esters is 1. The molecular weight excluding hydrogens is 432 g/mol. The largest absolute Gasteiger partial charge is 0.462 e. The third-order valence-electron chi connectivity index (χ3n) is 4.65. The first kappa shape index (κ1) is 19.5. The Bertz CT molecular complexity index is 1290. The molecule has 0 aliphatic carbocycles. The van der Waals surface area contributed by atoms with Crippen LogP contribution in [0.4, 0.5) is 22.0 Å². The summed E-state index contributed by atoms with van der Waals surface area (Å²) >= 11 is 2.83. The van der Waals surface area contributed by atoms with Crippen LogP contribution in [0.25, 0.3) is 10.2 Å². The summed E-state index contributed by atoms with van der Waals surface area (Å²) in [7, 11) is 0. The van der Waals surface area contributed by atoms with Crippen LogP contribution in [0.3, 0.4) is 0 Å².